The van der Waals surface area contributed by atoms with Crippen LogP contribution in [0.3, 0.4) is 0 Å². The molecule has 1 N–H and O–H groups in total. The number of aromatic carboxylic acids is 1. The fourth-order valence-electron chi connectivity index (χ4n) is 3.67. The van der Waals surface area contributed by atoms with Crippen LogP contribution in [0.15, 0.2) is 24.3 Å². The molecule has 5 nitrogen and oxygen atoms in total. The van der Waals surface area contributed by atoms with Crippen LogP contribution in [-0.2, 0) is 13.6 Å². The first-order chi connectivity index (χ1) is 11.5. The lowest BCUT2D eigenvalue weighted by Gasteiger charge is -2.33. The summed E-state index contributed by atoms with van der Waals surface area (Å²) in [7, 11) is 1.99. The van der Waals surface area contributed by atoms with E-state index in [0.717, 1.165) is 43.7 Å². The number of carbonyl (C=O) groups is 1. The van der Waals surface area contributed by atoms with Crippen molar-refractivity contribution >= 4 is 5.97 Å². The average molecular weight is 327 g/mol. The Hall–Kier alpha value is -2.14. The number of carboxylic acids is 1. The number of nitrogens with zero attached hydrogens (tertiary/aromatic N) is 3. The van der Waals surface area contributed by atoms with Gasteiger partial charge in [-0.3, -0.25) is 9.58 Å². The Bertz CT molecular complexity index is 751. The lowest BCUT2D eigenvalue weighted by molar-refractivity contribution is 0.0696. The Morgan fingerprint density at radius 1 is 1.38 bits per heavy atom. The first-order valence-electron chi connectivity index (χ1n) is 8.50. The zero-order valence-corrected chi connectivity index (χ0v) is 14.6. The quantitative estimate of drug-likeness (QED) is 0.937. The van der Waals surface area contributed by atoms with E-state index in [1.165, 1.54) is 11.3 Å². The molecule has 1 unspecified atom stereocenters. The number of benzene rings is 1. The highest BCUT2D eigenvalue weighted by Crippen LogP contribution is 2.29. The predicted octanol–water partition coefficient (Wildman–Crippen LogP) is 3.11. The van der Waals surface area contributed by atoms with Crippen molar-refractivity contribution in [1.82, 2.24) is 14.7 Å². The predicted molar refractivity (Wildman–Crippen MR) is 93.3 cm³/mol. The Morgan fingerprint density at radius 2 is 2.17 bits per heavy atom. The van der Waals surface area contributed by atoms with Crippen molar-refractivity contribution in [2.75, 3.05) is 13.1 Å². The van der Waals surface area contributed by atoms with Crippen LogP contribution in [0.25, 0.3) is 0 Å². The molecule has 1 saturated heterocycles. The van der Waals surface area contributed by atoms with Gasteiger partial charge in [-0.05, 0) is 56.8 Å². The van der Waals surface area contributed by atoms with E-state index < -0.39 is 5.97 Å². The van der Waals surface area contributed by atoms with Gasteiger partial charge in [0.15, 0.2) is 0 Å². The van der Waals surface area contributed by atoms with Crippen LogP contribution in [0.5, 0.6) is 0 Å². The lowest BCUT2D eigenvalue weighted by Crippen LogP contribution is -2.34. The number of carboxylic acid groups (broad SMARTS) is 1. The topological polar surface area (TPSA) is 58.4 Å². The molecule has 3 rings (SSSR count). The van der Waals surface area contributed by atoms with E-state index in [1.54, 1.807) is 6.07 Å². The van der Waals surface area contributed by atoms with Crippen LogP contribution in [0, 0.1) is 13.8 Å². The number of aryl methyl sites for hydroxylation is 2. The summed E-state index contributed by atoms with van der Waals surface area (Å²) in [4.78, 5) is 13.7. The monoisotopic (exact) mass is 327 g/mol. The van der Waals surface area contributed by atoms with Crippen molar-refractivity contribution in [3.63, 3.8) is 0 Å². The molecule has 1 fully saturated rings. The van der Waals surface area contributed by atoms with E-state index >= 15 is 0 Å². The standard InChI is InChI=1S/C19H25N3O2/c1-13-18(14(2)21(3)20-13)12-22-9-5-8-17(11-22)15-6-4-7-16(10-15)19(23)24/h4,6-7,10,17H,5,8-9,11-12H2,1-3H3,(H,23,24). The second-order valence-corrected chi connectivity index (χ2v) is 6.78. The van der Waals surface area contributed by atoms with Crippen LogP contribution in [0.2, 0.25) is 0 Å². The van der Waals surface area contributed by atoms with E-state index in [2.05, 4.69) is 29.9 Å². The van der Waals surface area contributed by atoms with Gasteiger partial charge in [0.25, 0.3) is 0 Å². The number of hydrogen-bond acceptors (Lipinski definition) is 3. The van der Waals surface area contributed by atoms with Gasteiger partial charge in [0.2, 0.25) is 0 Å². The van der Waals surface area contributed by atoms with Crippen LogP contribution in [0.4, 0.5) is 0 Å². The van der Waals surface area contributed by atoms with E-state index in [4.69, 9.17) is 0 Å². The van der Waals surface area contributed by atoms with Crippen molar-refractivity contribution in [3.8, 4) is 0 Å². The van der Waals surface area contributed by atoms with E-state index in [0.29, 0.717) is 11.5 Å². The van der Waals surface area contributed by atoms with Crippen molar-refractivity contribution in [1.29, 1.82) is 0 Å². The Morgan fingerprint density at radius 3 is 2.83 bits per heavy atom. The van der Waals surface area contributed by atoms with Crippen molar-refractivity contribution in [3.05, 3.63) is 52.3 Å². The normalized spacial score (nSPS) is 18.7. The fraction of sp³-hybridized carbons (Fsp3) is 0.474. The molecule has 0 saturated carbocycles. The molecule has 2 heterocycles. The van der Waals surface area contributed by atoms with Crippen molar-refractivity contribution in [2.24, 2.45) is 7.05 Å². The molecule has 2 aromatic rings. The number of likely N-dealkylation sites (tertiary alicyclic amines) is 1. The molecule has 1 aromatic heterocycles. The molecule has 1 aliphatic heterocycles. The van der Waals surface area contributed by atoms with E-state index in [-0.39, 0.29) is 0 Å². The first kappa shape index (κ1) is 16.7. The van der Waals surface area contributed by atoms with Gasteiger partial charge in [-0.25, -0.2) is 4.79 Å². The number of hydrogen-bond donors (Lipinski definition) is 1. The molecule has 0 amide bonds. The average Bonchev–Trinajstić information content (AvgIpc) is 2.81. The van der Waals surface area contributed by atoms with Crippen molar-refractivity contribution in [2.45, 2.75) is 39.2 Å². The van der Waals surface area contributed by atoms with E-state index in [9.17, 15) is 9.90 Å². The van der Waals surface area contributed by atoms with Crippen molar-refractivity contribution < 1.29 is 9.90 Å². The number of piperidine rings is 1. The summed E-state index contributed by atoms with van der Waals surface area (Å²) in [5, 5.41) is 13.7. The molecular formula is C19H25N3O2. The third-order valence-electron chi connectivity index (χ3n) is 5.15. The van der Waals surface area contributed by atoms with Gasteiger partial charge in [-0.1, -0.05) is 12.1 Å². The summed E-state index contributed by atoms with van der Waals surface area (Å²) in [6, 6.07) is 7.40. The highest BCUT2D eigenvalue weighted by molar-refractivity contribution is 5.87. The van der Waals surface area contributed by atoms with Gasteiger partial charge in [0.05, 0.1) is 11.3 Å². The first-order valence-corrected chi connectivity index (χ1v) is 8.50. The second kappa shape index (κ2) is 6.77. The molecule has 24 heavy (non-hydrogen) atoms. The molecule has 5 heteroatoms. The number of aromatic nitrogens is 2. The van der Waals surface area contributed by atoms with Gasteiger partial charge in [0.1, 0.15) is 0 Å². The summed E-state index contributed by atoms with van der Waals surface area (Å²) < 4.78 is 1.95. The molecule has 0 bridgehead atoms. The molecule has 1 atom stereocenters. The van der Waals surface area contributed by atoms with Gasteiger partial charge in [0, 0.05) is 31.4 Å². The summed E-state index contributed by atoms with van der Waals surface area (Å²) in [6.45, 7) is 7.16. The molecule has 0 spiro atoms. The maximum Gasteiger partial charge on any atom is 0.335 e. The van der Waals surface area contributed by atoms with Crippen LogP contribution in [0.1, 0.15) is 51.6 Å². The molecule has 1 aliphatic rings. The molecule has 0 radical (unpaired) electrons. The molecule has 0 aliphatic carbocycles. The summed E-state index contributed by atoms with van der Waals surface area (Å²) >= 11 is 0. The van der Waals surface area contributed by atoms with Gasteiger partial charge < -0.3 is 5.11 Å². The smallest absolute Gasteiger partial charge is 0.335 e. The number of rotatable bonds is 4. The molecule has 128 valence electrons. The van der Waals surface area contributed by atoms with Gasteiger partial charge in [-0.15, -0.1) is 0 Å². The third kappa shape index (κ3) is 3.36. The Labute approximate surface area is 142 Å². The Kier molecular flexibility index (Phi) is 4.71. The SMILES string of the molecule is Cc1nn(C)c(C)c1CN1CCCC(c2cccc(C(=O)O)c2)C1. The zero-order valence-electron chi connectivity index (χ0n) is 14.6. The van der Waals surface area contributed by atoms with E-state index in [1.807, 2.05) is 23.9 Å². The minimum absolute atomic E-state index is 0.378. The highest BCUT2D eigenvalue weighted by Gasteiger charge is 2.23. The molecule has 1 aromatic carbocycles. The lowest BCUT2D eigenvalue weighted by atomic mass is 9.89. The summed E-state index contributed by atoms with van der Waals surface area (Å²) in [5.74, 6) is -0.457. The maximum absolute atomic E-state index is 11.2. The van der Waals surface area contributed by atoms with Crippen LogP contribution >= 0.6 is 0 Å². The minimum Gasteiger partial charge on any atom is -0.478 e. The zero-order chi connectivity index (χ0) is 17.3. The van der Waals surface area contributed by atoms with Gasteiger partial charge in [-0.2, -0.15) is 5.10 Å². The summed E-state index contributed by atoms with van der Waals surface area (Å²) in [5.41, 5.74) is 5.16. The minimum atomic E-state index is -0.855. The third-order valence-corrected chi connectivity index (χ3v) is 5.15. The van der Waals surface area contributed by atoms with Crippen LogP contribution < -0.4 is 0 Å². The largest absolute Gasteiger partial charge is 0.478 e. The maximum atomic E-state index is 11.2. The fourth-order valence-corrected chi connectivity index (χ4v) is 3.67. The summed E-state index contributed by atoms with van der Waals surface area (Å²) in [6.07, 6.45) is 2.25. The Balaban J connectivity index is 1.75. The highest BCUT2D eigenvalue weighted by atomic mass is 16.4. The van der Waals surface area contributed by atoms with Crippen LogP contribution in [-0.4, -0.2) is 38.8 Å². The molecular weight excluding hydrogens is 302 g/mol. The second-order valence-electron chi connectivity index (χ2n) is 6.78. The van der Waals surface area contributed by atoms with Gasteiger partial charge >= 0.3 is 5.97 Å².